The highest BCUT2D eigenvalue weighted by Gasteiger charge is 2.21. The third-order valence-electron chi connectivity index (χ3n) is 4.20. The van der Waals surface area contributed by atoms with Gasteiger partial charge in [0.2, 0.25) is 5.96 Å². The molecule has 1 unspecified atom stereocenters. The Labute approximate surface area is 150 Å². The maximum atomic E-state index is 14.7. The summed E-state index contributed by atoms with van der Waals surface area (Å²) in [7, 11) is 1.52. The van der Waals surface area contributed by atoms with E-state index in [0.717, 1.165) is 36.0 Å². The Morgan fingerprint density at radius 2 is 2.16 bits per heavy atom. The van der Waals surface area contributed by atoms with Crippen molar-refractivity contribution in [1.82, 2.24) is 0 Å². The van der Waals surface area contributed by atoms with Gasteiger partial charge in [-0.3, -0.25) is 0 Å². The van der Waals surface area contributed by atoms with Gasteiger partial charge < -0.3 is 10.5 Å². The molecule has 1 aliphatic carbocycles. The van der Waals surface area contributed by atoms with Crippen molar-refractivity contribution in [2.75, 3.05) is 7.11 Å². The van der Waals surface area contributed by atoms with Gasteiger partial charge in [0.15, 0.2) is 5.76 Å². The zero-order chi connectivity index (χ0) is 18.8. The molecule has 1 atom stereocenters. The van der Waals surface area contributed by atoms with Crippen LogP contribution in [0.1, 0.15) is 53.4 Å². The highest BCUT2D eigenvalue weighted by atomic mass is 19.1. The van der Waals surface area contributed by atoms with Crippen molar-refractivity contribution in [2.24, 2.45) is 21.6 Å². The second kappa shape index (κ2) is 10.6. The van der Waals surface area contributed by atoms with Gasteiger partial charge in [-0.2, -0.15) is 0 Å². The van der Waals surface area contributed by atoms with E-state index in [2.05, 4.69) is 23.8 Å². The Balaban J connectivity index is 3.15. The zero-order valence-corrected chi connectivity index (χ0v) is 16.0. The Morgan fingerprint density at radius 3 is 2.76 bits per heavy atom. The lowest BCUT2D eigenvalue weighted by Crippen LogP contribution is -2.07. The largest absolute Gasteiger partial charge is 0.494 e. The molecule has 1 rings (SSSR count). The van der Waals surface area contributed by atoms with E-state index in [1.165, 1.54) is 7.11 Å². The minimum atomic E-state index is -0.253. The minimum absolute atomic E-state index is 0.175. The molecule has 0 amide bonds. The van der Waals surface area contributed by atoms with Crippen LogP contribution in [0.25, 0.3) is 0 Å². The summed E-state index contributed by atoms with van der Waals surface area (Å²) < 4.78 is 20.1. The molecule has 138 valence electrons. The number of halogens is 1. The molecule has 0 bridgehead atoms. The normalized spacial score (nSPS) is 18.2. The van der Waals surface area contributed by atoms with Crippen molar-refractivity contribution < 1.29 is 9.13 Å². The fourth-order valence-electron chi connectivity index (χ4n) is 2.69. The van der Waals surface area contributed by atoms with Crippen molar-refractivity contribution >= 4 is 12.2 Å². The van der Waals surface area contributed by atoms with E-state index in [1.807, 2.05) is 19.1 Å². The van der Waals surface area contributed by atoms with Crippen LogP contribution in [0.5, 0.6) is 0 Å². The van der Waals surface area contributed by atoms with Crippen LogP contribution in [0.2, 0.25) is 0 Å². The third kappa shape index (κ3) is 6.33. The molecule has 0 saturated heterocycles. The van der Waals surface area contributed by atoms with Gasteiger partial charge in [-0.15, -0.1) is 0 Å². The summed E-state index contributed by atoms with van der Waals surface area (Å²) in [4.78, 5) is 7.97. The summed E-state index contributed by atoms with van der Waals surface area (Å²) in [5, 5.41) is 0. The average Bonchev–Trinajstić information content (AvgIpc) is 2.76. The van der Waals surface area contributed by atoms with Crippen LogP contribution >= 0.6 is 0 Å². The van der Waals surface area contributed by atoms with Gasteiger partial charge in [0.25, 0.3) is 0 Å². The van der Waals surface area contributed by atoms with Crippen molar-refractivity contribution in [3.63, 3.8) is 0 Å². The van der Waals surface area contributed by atoms with Gasteiger partial charge in [-0.1, -0.05) is 38.8 Å². The van der Waals surface area contributed by atoms with Crippen LogP contribution < -0.4 is 5.73 Å². The number of nitrogens with two attached hydrogens (primary N) is 1. The van der Waals surface area contributed by atoms with E-state index in [9.17, 15) is 4.39 Å². The lowest BCUT2D eigenvalue weighted by molar-refractivity contribution is 0.274. The van der Waals surface area contributed by atoms with E-state index < -0.39 is 0 Å². The number of nitrogens with zero attached hydrogens (tertiary/aromatic N) is 2. The van der Waals surface area contributed by atoms with E-state index >= 15 is 0 Å². The van der Waals surface area contributed by atoms with E-state index in [1.54, 1.807) is 19.3 Å². The molecule has 0 heterocycles. The SMILES string of the molecule is CC=NC(N)=N/C=C(\C)C1=CC=C(C(C)CCCC)C(OC)=C(F)C1. The van der Waals surface area contributed by atoms with E-state index in [-0.39, 0.29) is 24.1 Å². The first kappa shape index (κ1) is 20.9. The number of hydrogen-bond acceptors (Lipinski definition) is 2. The van der Waals surface area contributed by atoms with Crippen molar-refractivity contribution in [3.05, 3.63) is 46.7 Å². The molecule has 0 spiro atoms. The standard InChI is InChI=1S/C20H30FN3O/c1-6-8-9-14(3)17-11-10-16(12-18(21)19(17)25-5)15(4)13-24-20(22)23-7-2/h7,10-11,13-14H,6,8-9,12H2,1-5H3,(H2,22,24)/b15-13+,23-7?. The highest BCUT2D eigenvalue weighted by molar-refractivity contribution is 5.86. The summed E-state index contributed by atoms with van der Waals surface area (Å²) >= 11 is 0. The molecule has 2 N–H and O–H groups in total. The number of rotatable bonds is 7. The minimum Gasteiger partial charge on any atom is -0.494 e. The molecule has 0 saturated carbocycles. The predicted octanol–water partition coefficient (Wildman–Crippen LogP) is 5.21. The summed E-state index contributed by atoms with van der Waals surface area (Å²) in [5.74, 6) is 0.528. The predicted molar refractivity (Wildman–Crippen MR) is 104 cm³/mol. The molecule has 0 radical (unpaired) electrons. The zero-order valence-electron chi connectivity index (χ0n) is 16.0. The lowest BCUT2D eigenvalue weighted by atomic mass is 9.93. The summed E-state index contributed by atoms with van der Waals surface area (Å²) in [6.07, 6.45) is 10.5. The van der Waals surface area contributed by atoms with Gasteiger partial charge in [0, 0.05) is 18.8 Å². The number of hydrogen-bond donors (Lipinski definition) is 1. The first-order valence-electron chi connectivity index (χ1n) is 8.77. The Bertz CT molecular complexity index is 639. The summed E-state index contributed by atoms with van der Waals surface area (Å²) in [6.45, 7) is 7.93. The maximum Gasteiger partial charge on any atom is 0.219 e. The quantitative estimate of drug-likeness (QED) is 0.508. The monoisotopic (exact) mass is 347 g/mol. The van der Waals surface area contributed by atoms with E-state index in [4.69, 9.17) is 10.5 Å². The first-order chi connectivity index (χ1) is 11.9. The fraction of sp³-hybridized carbons (Fsp3) is 0.500. The highest BCUT2D eigenvalue weighted by Crippen LogP contribution is 2.34. The number of allylic oxidation sites excluding steroid dienone is 6. The van der Waals surface area contributed by atoms with Crippen LogP contribution in [0.15, 0.2) is 56.6 Å². The Morgan fingerprint density at radius 1 is 1.44 bits per heavy atom. The molecule has 0 fully saturated rings. The number of unbranched alkanes of at least 4 members (excludes halogenated alkanes) is 1. The third-order valence-corrected chi connectivity index (χ3v) is 4.20. The number of ether oxygens (including phenoxy) is 1. The second-order valence-corrected chi connectivity index (χ2v) is 6.16. The van der Waals surface area contributed by atoms with Crippen molar-refractivity contribution in [2.45, 2.75) is 53.4 Å². The molecular weight excluding hydrogens is 317 g/mol. The topological polar surface area (TPSA) is 60.0 Å². The molecule has 4 nitrogen and oxygen atoms in total. The summed E-state index contributed by atoms with van der Waals surface area (Å²) in [5.41, 5.74) is 8.25. The lowest BCUT2D eigenvalue weighted by Gasteiger charge is -2.17. The number of aliphatic imine (C=N–C) groups is 2. The van der Waals surface area contributed by atoms with Crippen molar-refractivity contribution in [1.29, 1.82) is 0 Å². The second-order valence-electron chi connectivity index (χ2n) is 6.16. The average molecular weight is 347 g/mol. The van der Waals surface area contributed by atoms with Crippen LogP contribution in [-0.4, -0.2) is 19.3 Å². The molecule has 0 aromatic rings. The van der Waals surface area contributed by atoms with E-state index in [0.29, 0.717) is 5.76 Å². The molecular formula is C20H30FN3O. The molecule has 5 heteroatoms. The molecule has 0 aromatic heterocycles. The fourth-order valence-corrected chi connectivity index (χ4v) is 2.69. The van der Waals surface area contributed by atoms with Crippen molar-refractivity contribution in [3.8, 4) is 0 Å². The molecule has 0 aliphatic heterocycles. The summed E-state index contributed by atoms with van der Waals surface area (Å²) in [6, 6.07) is 0. The number of methoxy groups -OCH3 is 1. The molecule has 25 heavy (non-hydrogen) atoms. The number of guanidine groups is 1. The van der Waals surface area contributed by atoms with Gasteiger partial charge in [0.1, 0.15) is 5.83 Å². The Hall–Kier alpha value is -2.17. The van der Waals surface area contributed by atoms with Crippen LogP contribution in [-0.2, 0) is 4.74 Å². The first-order valence-corrected chi connectivity index (χ1v) is 8.77. The smallest absolute Gasteiger partial charge is 0.219 e. The maximum absolute atomic E-state index is 14.7. The van der Waals surface area contributed by atoms with Gasteiger partial charge >= 0.3 is 0 Å². The van der Waals surface area contributed by atoms with Gasteiger partial charge in [-0.05, 0) is 42.9 Å². The molecule has 1 aliphatic rings. The Kier molecular flexibility index (Phi) is 8.89. The van der Waals surface area contributed by atoms with Gasteiger partial charge in [-0.25, -0.2) is 14.4 Å². The van der Waals surface area contributed by atoms with Crippen LogP contribution in [0.3, 0.4) is 0 Å². The molecule has 0 aromatic carbocycles. The van der Waals surface area contributed by atoms with Crippen LogP contribution in [0.4, 0.5) is 4.39 Å². The van der Waals surface area contributed by atoms with Gasteiger partial charge in [0.05, 0.1) is 7.11 Å². The van der Waals surface area contributed by atoms with Crippen LogP contribution in [0, 0.1) is 5.92 Å².